The van der Waals surface area contributed by atoms with Crippen LogP contribution in [0.25, 0.3) is 0 Å². The molecule has 74 valence electrons. The van der Waals surface area contributed by atoms with E-state index in [1.807, 2.05) is 36.4 Å². The van der Waals surface area contributed by atoms with Crippen LogP contribution in [0.2, 0.25) is 0 Å². The Hall–Kier alpha value is -1.68. The maximum absolute atomic E-state index is 10.1. The summed E-state index contributed by atoms with van der Waals surface area (Å²) in [4.78, 5) is 20.2. The van der Waals surface area contributed by atoms with Gasteiger partial charge in [-0.3, -0.25) is 4.79 Å². The van der Waals surface area contributed by atoms with E-state index in [1.54, 1.807) is 0 Å². The molecule has 0 aromatic heterocycles. The number of hydrogen-bond acceptors (Lipinski definition) is 4. The third kappa shape index (κ3) is 3.37. The van der Waals surface area contributed by atoms with E-state index in [1.165, 1.54) is 0 Å². The molecule has 1 saturated heterocycles. The molecule has 1 aliphatic heterocycles. The number of carbonyl (C=O) groups is 2. The van der Waals surface area contributed by atoms with Gasteiger partial charge >= 0.3 is 11.9 Å². The van der Waals surface area contributed by atoms with Crippen molar-refractivity contribution in [2.75, 3.05) is 0 Å². The van der Waals surface area contributed by atoms with E-state index in [2.05, 4.69) is 4.74 Å². The Kier molecular flexibility index (Phi) is 3.82. The van der Waals surface area contributed by atoms with Crippen molar-refractivity contribution in [1.82, 2.24) is 0 Å². The van der Waals surface area contributed by atoms with Crippen LogP contribution < -0.4 is 0 Å². The number of ether oxygens (including phenoxy) is 1. The molecule has 0 radical (unpaired) electrons. The number of aliphatic hydroxyl groups excluding tert-OH is 1. The minimum Gasteiger partial charge on any atom is -0.391 e. The molecule has 0 bridgehead atoms. The zero-order valence-corrected chi connectivity index (χ0v) is 7.42. The summed E-state index contributed by atoms with van der Waals surface area (Å²) < 4.78 is 3.95. The molecule has 0 saturated carbocycles. The van der Waals surface area contributed by atoms with E-state index < -0.39 is 18.0 Å². The van der Waals surface area contributed by atoms with Crippen LogP contribution in [0.4, 0.5) is 0 Å². The molecule has 1 N–H and O–H groups in total. The Bertz CT molecular complexity index is 280. The lowest BCUT2D eigenvalue weighted by atomic mass is 10.3. The summed E-state index contributed by atoms with van der Waals surface area (Å²) in [6.45, 7) is 0. The van der Waals surface area contributed by atoms with E-state index in [0.29, 0.717) is 0 Å². The fourth-order valence-corrected chi connectivity index (χ4v) is 0.848. The number of rotatable bonds is 0. The second-order valence-electron chi connectivity index (χ2n) is 2.67. The molecule has 1 aliphatic rings. The smallest absolute Gasteiger partial charge is 0.343 e. The van der Waals surface area contributed by atoms with Crippen molar-refractivity contribution in [2.45, 2.75) is 12.5 Å². The zero-order chi connectivity index (χ0) is 10.4. The largest absolute Gasteiger partial charge is 0.391 e. The van der Waals surface area contributed by atoms with Gasteiger partial charge in [-0.2, -0.15) is 0 Å². The molecule has 0 spiro atoms. The average molecular weight is 194 g/mol. The predicted octanol–water partition coefficient (Wildman–Crippen LogP) is 0.507. The SMILES string of the molecule is O=C1CC(O)C(=O)O1.c1ccccc1. The van der Waals surface area contributed by atoms with Gasteiger partial charge in [-0.25, -0.2) is 4.79 Å². The third-order valence-electron chi connectivity index (χ3n) is 1.51. The van der Waals surface area contributed by atoms with Gasteiger partial charge in [-0.05, 0) is 0 Å². The predicted molar refractivity (Wildman–Crippen MR) is 48.2 cm³/mol. The van der Waals surface area contributed by atoms with E-state index in [0.717, 1.165) is 0 Å². The molecule has 1 aromatic rings. The monoisotopic (exact) mass is 194 g/mol. The lowest BCUT2D eigenvalue weighted by molar-refractivity contribution is -0.154. The summed E-state index contributed by atoms with van der Waals surface area (Å²) in [5.74, 6) is -1.49. The van der Waals surface area contributed by atoms with Crippen LogP contribution in [-0.2, 0) is 14.3 Å². The van der Waals surface area contributed by atoms with Gasteiger partial charge in [-0.1, -0.05) is 36.4 Å². The summed E-state index contributed by atoms with van der Waals surface area (Å²) >= 11 is 0. The van der Waals surface area contributed by atoms with Crippen molar-refractivity contribution in [1.29, 1.82) is 0 Å². The van der Waals surface area contributed by atoms with Crippen LogP contribution in [0.3, 0.4) is 0 Å². The molecular weight excluding hydrogens is 184 g/mol. The van der Waals surface area contributed by atoms with Crippen LogP contribution in [0.15, 0.2) is 36.4 Å². The lowest BCUT2D eigenvalue weighted by Gasteiger charge is -1.86. The molecule has 2 rings (SSSR count). The van der Waals surface area contributed by atoms with Crippen LogP contribution in [-0.4, -0.2) is 23.1 Å². The Labute approximate surface area is 81.1 Å². The summed E-state index contributed by atoms with van der Waals surface area (Å²) in [7, 11) is 0. The highest BCUT2D eigenvalue weighted by Crippen LogP contribution is 2.05. The number of hydrogen-bond donors (Lipinski definition) is 1. The van der Waals surface area contributed by atoms with Gasteiger partial charge in [-0.15, -0.1) is 0 Å². The minimum absolute atomic E-state index is 0.196. The molecule has 0 aliphatic carbocycles. The van der Waals surface area contributed by atoms with Gasteiger partial charge in [0.05, 0.1) is 6.42 Å². The van der Waals surface area contributed by atoms with E-state index in [-0.39, 0.29) is 6.42 Å². The molecule has 1 aromatic carbocycles. The number of esters is 2. The highest BCUT2D eigenvalue weighted by atomic mass is 16.6. The number of aliphatic hydroxyl groups is 1. The Morgan fingerprint density at radius 1 is 1.07 bits per heavy atom. The summed E-state index contributed by atoms with van der Waals surface area (Å²) in [6, 6.07) is 12.0. The highest BCUT2D eigenvalue weighted by Gasteiger charge is 2.30. The van der Waals surface area contributed by atoms with Crippen LogP contribution in [0.5, 0.6) is 0 Å². The van der Waals surface area contributed by atoms with Crippen molar-refractivity contribution >= 4 is 11.9 Å². The first-order chi connectivity index (χ1) is 6.70. The molecule has 0 amide bonds. The maximum Gasteiger partial charge on any atom is 0.343 e. The molecule has 1 atom stereocenters. The van der Waals surface area contributed by atoms with Gasteiger partial charge in [0.15, 0.2) is 6.10 Å². The first-order valence-corrected chi connectivity index (χ1v) is 4.13. The van der Waals surface area contributed by atoms with Crippen molar-refractivity contribution < 1.29 is 19.4 Å². The molecule has 4 heteroatoms. The topological polar surface area (TPSA) is 63.6 Å². The first-order valence-electron chi connectivity index (χ1n) is 4.13. The quantitative estimate of drug-likeness (QED) is 0.482. The number of carbonyl (C=O) groups excluding carboxylic acids is 2. The zero-order valence-electron chi connectivity index (χ0n) is 7.42. The van der Waals surface area contributed by atoms with E-state index in [4.69, 9.17) is 5.11 Å². The molecule has 14 heavy (non-hydrogen) atoms. The van der Waals surface area contributed by atoms with Gasteiger partial charge in [0.1, 0.15) is 0 Å². The van der Waals surface area contributed by atoms with Gasteiger partial charge < -0.3 is 9.84 Å². The normalized spacial score (nSPS) is 19.6. The molecular formula is C10H10O4. The second kappa shape index (κ2) is 5.14. The minimum atomic E-state index is -1.22. The van der Waals surface area contributed by atoms with Crippen molar-refractivity contribution in [3.05, 3.63) is 36.4 Å². The lowest BCUT2D eigenvalue weighted by Crippen LogP contribution is -2.11. The van der Waals surface area contributed by atoms with Crippen LogP contribution in [0.1, 0.15) is 6.42 Å². The van der Waals surface area contributed by atoms with Crippen LogP contribution in [0, 0.1) is 0 Å². The van der Waals surface area contributed by atoms with Gasteiger partial charge in [0.25, 0.3) is 0 Å². The fraction of sp³-hybridized carbons (Fsp3) is 0.200. The van der Waals surface area contributed by atoms with Gasteiger partial charge in [0.2, 0.25) is 0 Å². The Balaban J connectivity index is 0.000000146. The highest BCUT2D eigenvalue weighted by molar-refractivity contribution is 5.95. The number of cyclic esters (lactones) is 2. The Morgan fingerprint density at radius 3 is 1.64 bits per heavy atom. The summed E-state index contributed by atoms with van der Waals surface area (Å²) in [5.41, 5.74) is 0. The summed E-state index contributed by atoms with van der Waals surface area (Å²) in [5, 5.41) is 8.47. The molecule has 1 unspecified atom stereocenters. The number of benzene rings is 1. The average Bonchev–Trinajstić information content (AvgIpc) is 2.48. The molecule has 4 nitrogen and oxygen atoms in total. The third-order valence-corrected chi connectivity index (χ3v) is 1.51. The van der Waals surface area contributed by atoms with Crippen molar-refractivity contribution in [3.63, 3.8) is 0 Å². The van der Waals surface area contributed by atoms with Crippen molar-refractivity contribution in [3.8, 4) is 0 Å². The maximum atomic E-state index is 10.1. The molecule has 1 fully saturated rings. The summed E-state index contributed by atoms with van der Waals surface area (Å²) in [6.07, 6.45) is -1.42. The Morgan fingerprint density at radius 2 is 1.50 bits per heavy atom. The standard InChI is InChI=1S/C6H6.C4H4O4/c1-2-4-6-5-3-1;5-2-1-3(6)8-4(2)7/h1-6H;2,5H,1H2. The first kappa shape index (κ1) is 10.4. The van der Waals surface area contributed by atoms with Crippen LogP contribution >= 0.6 is 0 Å². The van der Waals surface area contributed by atoms with E-state index in [9.17, 15) is 9.59 Å². The van der Waals surface area contributed by atoms with Crippen molar-refractivity contribution in [2.24, 2.45) is 0 Å². The van der Waals surface area contributed by atoms with E-state index >= 15 is 0 Å². The second-order valence-corrected chi connectivity index (χ2v) is 2.67. The molecule has 1 heterocycles. The van der Waals surface area contributed by atoms with Gasteiger partial charge in [0, 0.05) is 0 Å². The fourth-order valence-electron chi connectivity index (χ4n) is 0.848.